The van der Waals surface area contributed by atoms with Gasteiger partial charge in [-0.2, -0.15) is 0 Å². The average molecular weight is 494 g/mol. The maximum absolute atomic E-state index is 13.2. The molecule has 8 nitrogen and oxygen atoms in total. The van der Waals surface area contributed by atoms with E-state index in [0.29, 0.717) is 16.9 Å². The van der Waals surface area contributed by atoms with Gasteiger partial charge in [-0.3, -0.25) is 19.3 Å². The van der Waals surface area contributed by atoms with Crippen LogP contribution in [0, 0.1) is 5.92 Å². The summed E-state index contributed by atoms with van der Waals surface area (Å²) in [7, 11) is 0. The number of esters is 1. The van der Waals surface area contributed by atoms with E-state index in [9.17, 15) is 19.2 Å². The Labute approximate surface area is 212 Å². The molecule has 0 spiro atoms. The lowest BCUT2D eigenvalue weighted by molar-refractivity contribution is -0.151. The summed E-state index contributed by atoms with van der Waals surface area (Å²) in [5.41, 5.74) is 1.32. The Balaban J connectivity index is 1.70. The molecule has 0 aliphatic carbocycles. The number of nitrogens with one attached hydrogen (secondary N) is 2. The molecular formula is C28H35N3O5. The van der Waals surface area contributed by atoms with Crippen LogP contribution in [0.15, 0.2) is 48.5 Å². The van der Waals surface area contributed by atoms with Gasteiger partial charge >= 0.3 is 5.97 Å². The molecule has 36 heavy (non-hydrogen) atoms. The SMILES string of the molecule is CC(C)C(NC(=O)c1ccc(C(C)(C)C)cc1)C(=O)OCC(=O)N1c2ccccc2NC(=O)C1(C)C. The van der Waals surface area contributed by atoms with E-state index in [0.717, 1.165) is 5.56 Å². The number of carbonyl (C=O) groups excluding carboxylic acids is 4. The Morgan fingerprint density at radius 2 is 1.64 bits per heavy atom. The van der Waals surface area contributed by atoms with E-state index >= 15 is 0 Å². The molecule has 2 aromatic carbocycles. The molecule has 0 aromatic heterocycles. The molecular weight excluding hydrogens is 458 g/mol. The number of ether oxygens (including phenoxy) is 1. The molecule has 8 heteroatoms. The van der Waals surface area contributed by atoms with Crippen molar-refractivity contribution >= 4 is 35.1 Å². The minimum atomic E-state index is -1.18. The first kappa shape index (κ1) is 26.9. The highest BCUT2D eigenvalue weighted by molar-refractivity contribution is 6.14. The molecule has 2 aromatic rings. The van der Waals surface area contributed by atoms with Crippen molar-refractivity contribution in [3.8, 4) is 0 Å². The van der Waals surface area contributed by atoms with Crippen LogP contribution in [-0.2, 0) is 24.5 Å². The molecule has 192 valence electrons. The summed E-state index contributed by atoms with van der Waals surface area (Å²) in [6.45, 7) is 12.5. The number of carbonyl (C=O) groups is 4. The monoisotopic (exact) mass is 493 g/mol. The molecule has 0 fully saturated rings. The van der Waals surface area contributed by atoms with Crippen molar-refractivity contribution in [1.29, 1.82) is 0 Å². The van der Waals surface area contributed by atoms with Crippen LogP contribution in [0.25, 0.3) is 0 Å². The summed E-state index contributed by atoms with van der Waals surface area (Å²) < 4.78 is 5.35. The third kappa shape index (κ3) is 5.58. The Kier molecular flexibility index (Phi) is 7.57. The predicted octanol–water partition coefficient (Wildman–Crippen LogP) is 4.05. The van der Waals surface area contributed by atoms with Crippen LogP contribution in [0.2, 0.25) is 0 Å². The van der Waals surface area contributed by atoms with Crippen molar-refractivity contribution in [2.75, 3.05) is 16.8 Å². The Bertz CT molecular complexity index is 1160. The van der Waals surface area contributed by atoms with Crippen LogP contribution in [0.3, 0.4) is 0 Å². The van der Waals surface area contributed by atoms with Crippen LogP contribution in [-0.4, -0.2) is 41.9 Å². The Morgan fingerprint density at radius 1 is 1.03 bits per heavy atom. The van der Waals surface area contributed by atoms with Crippen molar-refractivity contribution in [2.45, 2.75) is 65.5 Å². The minimum absolute atomic E-state index is 0.0457. The fraction of sp³-hybridized carbons (Fsp3) is 0.429. The van der Waals surface area contributed by atoms with Gasteiger partial charge in [0.2, 0.25) is 5.91 Å². The zero-order chi connectivity index (χ0) is 26.8. The summed E-state index contributed by atoms with van der Waals surface area (Å²) in [6, 6.07) is 13.2. The molecule has 1 atom stereocenters. The van der Waals surface area contributed by atoms with Gasteiger partial charge in [0.1, 0.15) is 11.6 Å². The van der Waals surface area contributed by atoms with Gasteiger partial charge in [0, 0.05) is 5.56 Å². The number of amides is 3. The van der Waals surface area contributed by atoms with E-state index < -0.39 is 36.0 Å². The maximum atomic E-state index is 13.2. The third-order valence-electron chi connectivity index (χ3n) is 6.32. The summed E-state index contributed by atoms with van der Waals surface area (Å²) in [6.07, 6.45) is 0. The summed E-state index contributed by atoms with van der Waals surface area (Å²) in [5, 5.41) is 5.52. The van der Waals surface area contributed by atoms with Gasteiger partial charge in [0.15, 0.2) is 6.61 Å². The molecule has 1 heterocycles. The van der Waals surface area contributed by atoms with Crippen LogP contribution in [0.5, 0.6) is 0 Å². The molecule has 1 unspecified atom stereocenters. The highest BCUT2D eigenvalue weighted by Gasteiger charge is 2.44. The highest BCUT2D eigenvalue weighted by atomic mass is 16.5. The lowest BCUT2D eigenvalue weighted by Gasteiger charge is -2.41. The van der Waals surface area contributed by atoms with E-state index in [1.807, 2.05) is 12.1 Å². The zero-order valence-electron chi connectivity index (χ0n) is 22.0. The van der Waals surface area contributed by atoms with E-state index in [4.69, 9.17) is 4.74 Å². The van der Waals surface area contributed by atoms with Gasteiger partial charge in [-0.05, 0) is 55.0 Å². The molecule has 0 saturated heterocycles. The van der Waals surface area contributed by atoms with Crippen molar-refractivity contribution in [1.82, 2.24) is 5.32 Å². The molecule has 0 bridgehead atoms. The van der Waals surface area contributed by atoms with Crippen molar-refractivity contribution in [3.63, 3.8) is 0 Å². The molecule has 3 rings (SSSR count). The Morgan fingerprint density at radius 3 is 2.22 bits per heavy atom. The predicted molar refractivity (Wildman–Crippen MR) is 139 cm³/mol. The second-order valence-electron chi connectivity index (χ2n) is 10.9. The quantitative estimate of drug-likeness (QED) is 0.591. The number of para-hydroxylation sites is 2. The number of nitrogens with zero attached hydrogens (tertiary/aromatic N) is 1. The number of hydrogen-bond acceptors (Lipinski definition) is 5. The lowest BCUT2D eigenvalue weighted by Crippen LogP contribution is -2.59. The maximum Gasteiger partial charge on any atom is 0.329 e. The second kappa shape index (κ2) is 10.1. The molecule has 0 saturated carbocycles. The fourth-order valence-corrected chi connectivity index (χ4v) is 4.03. The van der Waals surface area contributed by atoms with Gasteiger partial charge < -0.3 is 15.4 Å². The third-order valence-corrected chi connectivity index (χ3v) is 6.32. The smallest absolute Gasteiger partial charge is 0.329 e. The van der Waals surface area contributed by atoms with E-state index in [1.165, 1.54) is 4.90 Å². The van der Waals surface area contributed by atoms with Gasteiger partial charge in [-0.15, -0.1) is 0 Å². The molecule has 1 aliphatic rings. The second-order valence-corrected chi connectivity index (χ2v) is 10.9. The normalized spacial score (nSPS) is 15.6. The number of hydrogen-bond donors (Lipinski definition) is 2. The highest BCUT2D eigenvalue weighted by Crippen LogP contribution is 2.36. The summed E-state index contributed by atoms with van der Waals surface area (Å²) in [4.78, 5) is 52.8. The Hall–Kier alpha value is -3.68. The molecule has 3 amide bonds. The van der Waals surface area contributed by atoms with Crippen LogP contribution in [0.1, 0.15) is 64.4 Å². The van der Waals surface area contributed by atoms with Gasteiger partial charge in [0.05, 0.1) is 11.4 Å². The number of anilines is 2. The first-order chi connectivity index (χ1) is 16.7. The summed E-state index contributed by atoms with van der Waals surface area (Å²) in [5.74, 6) is -2.28. The number of rotatable bonds is 6. The van der Waals surface area contributed by atoms with Gasteiger partial charge in [-0.25, -0.2) is 4.79 Å². The number of benzene rings is 2. The van der Waals surface area contributed by atoms with Crippen molar-refractivity contribution in [3.05, 3.63) is 59.7 Å². The van der Waals surface area contributed by atoms with Crippen LogP contribution < -0.4 is 15.5 Å². The molecule has 2 N–H and O–H groups in total. The largest absolute Gasteiger partial charge is 0.454 e. The standard InChI is InChI=1S/C28H35N3O5/c1-17(2)23(30-24(33)18-12-14-19(15-13-18)27(3,4)5)25(34)36-16-22(32)31-21-11-9-8-10-20(21)29-26(35)28(31,6)7/h8-15,17,23H,16H2,1-7H3,(H,29,35)(H,30,33). The van der Waals surface area contributed by atoms with E-state index in [2.05, 4.69) is 31.4 Å². The molecule has 1 aliphatic heterocycles. The zero-order valence-corrected chi connectivity index (χ0v) is 22.0. The average Bonchev–Trinajstić information content (AvgIpc) is 2.80. The topological polar surface area (TPSA) is 105 Å². The van der Waals surface area contributed by atoms with Crippen LogP contribution >= 0.6 is 0 Å². The van der Waals surface area contributed by atoms with E-state index in [1.54, 1.807) is 64.1 Å². The first-order valence-electron chi connectivity index (χ1n) is 12.0. The first-order valence-corrected chi connectivity index (χ1v) is 12.0. The minimum Gasteiger partial charge on any atom is -0.454 e. The fourth-order valence-electron chi connectivity index (χ4n) is 4.03. The van der Waals surface area contributed by atoms with Crippen molar-refractivity contribution in [2.24, 2.45) is 5.92 Å². The van der Waals surface area contributed by atoms with Crippen molar-refractivity contribution < 1.29 is 23.9 Å². The number of fused-ring (bicyclic) bond motifs is 1. The van der Waals surface area contributed by atoms with E-state index in [-0.39, 0.29) is 17.2 Å². The summed E-state index contributed by atoms with van der Waals surface area (Å²) >= 11 is 0. The van der Waals surface area contributed by atoms with Gasteiger partial charge in [0.25, 0.3) is 11.8 Å². The van der Waals surface area contributed by atoms with Gasteiger partial charge in [-0.1, -0.05) is 58.9 Å². The van der Waals surface area contributed by atoms with Crippen LogP contribution in [0.4, 0.5) is 11.4 Å². The molecule has 0 radical (unpaired) electrons. The lowest BCUT2D eigenvalue weighted by atomic mass is 9.86.